The predicted molar refractivity (Wildman–Crippen MR) is 77.2 cm³/mol. The maximum atomic E-state index is 14.7. The van der Waals surface area contributed by atoms with E-state index in [2.05, 4.69) is 19.7 Å². The van der Waals surface area contributed by atoms with Gasteiger partial charge >= 0.3 is 0 Å². The molecule has 1 aromatic rings. The Bertz CT molecular complexity index is 561. The summed E-state index contributed by atoms with van der Waals surface area (Å²) in [6.45, 7) is 10.4. The van der Waals surface area contributed by atoms with Crippen LogP contribution in [0.4, 0.5) is 4.39 Å². The Balaban J connectivity index is 3.29. The summed E-state index contributed by atoms with van der Waals surface area (Å²) < 4.78 is 39.4. The Labute approximate surface area is 113 Å². The van der Waals surface area contributed by atoms with Crippen molar-refractivity contribution in [2.45, 2.75) is 22.7 Å². The first kappa shape index (κ1) is 15.4. The van der Waals surface area contributed by atoms with E-state index in [1.807, 2.05) is 0 Å². The van der Waals surface area contributed by atoms with Gasteiger partial charge < -0.3 is 0 Å². The van der Waals surface area contributed by atoms with Gasteiger partial charge in [-0.3, -0.25) is 0 Å². The number of alkyl halides is 1. The van der Waals surface area contributed by atoms with Crippen molar-refractivity contribution in [1.29, 1.82) is 0 Å². The van der Waals surface area contributed by atoms with Crippen LogP contribution < -0.4 is 0 Å². The summed E-state index contributed by atoms with van der Waals surface area (Å²) in [7, 11) is -4.09. The number of rotatable bonds is 7. The van der Waals surface area contributed by atoms with Crippen LogP contribution in [0.5, 0.6) is 0 Å². The van der Waals surface area contributed by atoms with Crippen molar-refractivity contribution in [2.75, 3.05) is 0 Å². The van der Waals surface area contributed by atoms with Crippen LogP contribution in [-0.4, -0.2) is 13.4 Å². The van der Waals surface area contributed by atoms with E-state index < -0.39 is 14.8 Å². The second-order valence-corrected chi connectivity index (χ2v) is 6.36. The van der Waals surface area contributed by atoms with Gasteiger partial charge in [0.15, 0.2) is 0 Å². The highest BCUT2D eigenvalue weighted by Gasteiger charge is 2.43. The van der Waals surface area contributed by atoms with E-state index in [4.69, 9.17) is 0 Å². The fourth-order valence-electron chi connectivity index (χ4n) is 1.73. The molecule has 0 bridgehead atoms. The molecule has 1 aromatic carbocycles. The number of sulfone groups is 1. The Morgan fingerprint density at radius 2 is 1.53 bits per heavy atom. The fraction of sp³-hybridized carbons (Fsp3) is 0.200. The van der Waals surface area contributed by atoms with Gasteiger partial charge in [0.2, 0.25) is 14.8 Å². The lowest BCUT2D eigenvalue weighted by molar-refractivity contribution is 0.272. The van der Waals surface area contributed by atoms with E-state index in [9.17, 15) is 12.8 Å². The molecule has 0 aliphatic carbocycles. The Kier molecular flexibility index (Phi) is 4.84. The van der Waals surface area contributed by atoms with E-state index in [-0.39, 0.29) is 17.7 Å². The minimum atomic E-state index is -4.09. The zero-order valence-electron chi connectivity index (χ0n) is 10.7. The van der Waals surface area contributed by atoms with Gasteiger partial charge in [-0.25, -0.2) is 12.8 Å². The van der Waals surface area contributed by atoms with Crippen LogP contribution in [0.2, 0.25) is 0 Å². The SMILES string of the molecule is C=CCC(F)(CC=C)S(=O)(=O)c1ccc(C=C)cc1. The molecule has 102 valence electrons. The first-order valence-corrected chi connectivity index (χ1v) is 7.27. The van der Waals surface area contributed by atoms with Crippen LogP contribution in [0.25, 0.3) is 6.08 Å². The maximum Gasteiger partial charge on any atom is 0.221 e. The predicted octanol–water partition coefficient (Wildman–Crippen LogP) is 3.92. The van der Waals surface area contributed by atoms with Gasteiger partial charge in [-0.1, -0.05) is 36.9 Å². The van der Waals surface area contributed by atoms with E-state index in [0.29, 0.717) is 0 Å². The van der Waals surface area contributed by atoms with Crippen molar-refractivity contribution in [3.63, 3.8) is 0 Å². The lowest BCUT2D eigenvalue weighted by atomic mass is 10.2. The van der Waals surface area contributed by atoms with E-state index in [0.717, 1.165) is 5.56 Å². The Morgan fingerprint density at radius 1 is 1.05 bits per heavy atom. The molecular formula is C15H17FO2S. The summed E-state index contributed by atoms with van der Waals surface area (Å²) in [5, 5.41) is -2.40. The number of hydrogen-bond donors (Lipinski definition) is 0. The second-order valence-electron chi connectivity index (χ2n) is 4.15. The minimum Gasteiger partial charge on any atom is -0.225 e. The molecule has 0 N–H and O–H groups in total. The molecule has 4 heteroatoms. The number of hydrogen-bond acceptors (Lipinski definition) is 2. The van der Waals surface area contributed by atoms with Crippen molar-refractivity contribution >= 4 is 15.9 Å². The number of allylic oxidation sites excluding steroid dienone is 2. The van der Waals surface area contributed by atoms with Crippen molar-refractivity contribution < 1.29 is 12.8 Å². The summed E-state index contributed by atoms with van der Waals surface area (Å²) in [5.74, 6) is 0. The lowest BCUT2D eigenvalue weighted by Gasteiger charge is -2.22. The second kappa shape index (κ2) is 5.97. The highest BCUT2D eigenvalue weighted by atomic mass is 32.2. The normalized spacial score (nSPS) is 11.8. The van der Waals surface area contributed by atoms with Crippen LogP contribution in [-0.2, 0) is 9.84 Å². The molecule has 0 amide bonds. The average Bonchev–Trinajstić information content (AvgIpc) is 2.39. The molecule has 0 saturated heterocycles. The third-order valence-corrected chi connectivity index (χ3v) is 5.00. The maximum absolute atomic E-state index is 14.7. The van der Waals surface area contributed by atoms with Gasteiger partial charge in [0.25, 0.3) is 0 Å². The largest absolute Gasteiger partial charge is 0.225 e. The molecule has 1 rings (SSSR count). The zero-order valence-corrected chi connectivity index (χ0v) is 11.5. The fourth-order valence-corrected chi connectivity index (χ4v) is 3.32. The smallest absolute Gasteiger partial charge is 0.221 e. The first-order chi connectivity index (χ1) is 8.91. The van der Waals surface area contributed by atoms with Crippen LogP contribution in [0.15, 0.2) is 61.0 Å². The molecule has 0 aromatic heterocycles. The number of benzene rings is 1. The first-order valence-electron chi connectivity index (χ1n) is 5.79. The quantitative estimate of drug-likeness (QED) is 0.709. The van der Waals surface area contributed by atoms with Gasteiger partial charge in [-0.15, -0.1) is 13.2 Å². The molecule has 0 aliphatic heterocycles. The molecule has 0 saturated carbocycles. The zero-order chi connectivity index (χ0) is 14.5. The minimum absolute atomic E-state index is 0.0516. The van der Waals surface area contributed by atoms with E-state index in [1.54, 1.807) is 18.2 Å². The molecule has 0 aliphatic rings. The van der Waals surface area contributed by atoms with Gasteiger partial charge in [0.05, 0.1) is 4.90 Å². The molecule has 0 radical (unpaired) electrons. The molecule has 2 nitrogen and oxygen atoms in total. The topological polar surface area (TPSA) is 34.1 Å². The third-order valence-electron chi connectivity index (χ3n) is 2.81. The Morgan fingerprint density at radius 3 is 1.89 bits per heavy atom. The van der Waals surface area contributed by atoms with Crippen molar-refractivity contribution in [3.8, 4) is 0 Å². The van der Waals surface area contributed by atoms with Crippen molar-refractivity contribution in [2.24, 2.45) is 0 Å². The van der Waals surface area contributed by atoms with Crippen molar-refractivity contribution in [3.05, 3.63) is 61.7 Å². The highest BCUT2D eigenvalue weighted by molar-refractivity contribution is 7.92. The van der Waals surface area contributed by atoms with Crippen LogP contribution >= 0.6 is 0 Å². The van der Waals surface area contributed by atoms with Crippen LogP contribution in [0.3, 0.4) is 0 Å². The van der Waals surface area contributed by atoms with Gasteiger partial charge in [-0.2, -0.15) is 0 Å². The summed E-state index contributed by atoms with van der Waals surface area (Å²) in [6, 6.07) is 5.93. The van der Waals surface area contributed by atoms with E-state index in [1.165, 1.54) is 24.3 Å². The third kappa shape index (κ3) is 3.01. The molecule has 0 heterocycles. The summed E-state index contributed by atoms with van der Waals surface area (Å²) in [6.07, 6.45) is 3.57. The Hall–Kier alpha value is -1.68. The number of halogens is 1. The monoisotopic (exact) mass is 280 g/mol. The van der Waals surface area contributed by atoms with Gasteiger partial charge in [0, 0.05) is 12.8 Å². The summed E-state index contributed by atoms with van der Waals surface area (Å²) >= 11 is 0. The van der Waals surface area contributed by atoms with Gasteiger partial charge in [0.1, 0.15) is 0 Å². The van der Waals surface area contributed by atoms with Crippen molar-refractivity contribution in [1.82, 2.24) is 0 Å². The molecule has 0 atom stereocenters. The average molecular weight is 280 g/mol. The highest BCUT2D eigenvalue weighted by Crippen LogP contribution is 2.34. The van der Waals surface area contributed by atoms with Crippen LogP contribution in [0, 0.1) is 0 Å². The summed E-state index contributed by atoms with van der Waals surface area (Å²) in [4.78, 5) is -0.0516. The molecule has 0 unspecified atom stereocenters. The summed E-state index contributed by atoms with van der Waals surface area (Å²) in [5.41, 5.74) is 0.774. The molecule has 19 heavy (non-hydrogen) atoms. The van der Waals surface area contributed by atoms with Crippen LogP contribution in [0.1, 0.15) is 18.4 Å². The lowest BCUT2D eigenvalue weighted by Crippen LogP contribution is -2.33. The van der Waals surface area contributed by atoms with Gasteiger partial charge in [-0.05, 0) is 17.7 Å². The molecular weight excluding hydrogens is 263 g/mol. The molecule has 0 fully saturated rings. The van der Waals surface area contributed by atoms with E-state index >= 15 is 0 Å². The molecule has 0 spiro atoms. The standard InChI is InChI=1S/C15H17FO2S/c1-4-11-15(16,12-5-2)19(17,18)14-9-7-13(6-3)8-10-14/h4-10H,1-3,11-12H2.